The molecule has 12 rings (SSSR count). The van der Waals surface area contributed by atoms with E-state index >= 15 is 0 Å². The fraction of sp³-hybridized carbons (Fsp3) is 0.520. The first kappa shape index (κ1) is 44.6. The van der Waals surface area contributed by atoms with Crippen molar-refractivity contribution in [2.75, 3.05) is 49.2 Å². The van der Waals surface area contributed by atoms with Gasteiger partial charge in [-0.2, -0.15) is 10.2 Å². The lowest BCUT2D eigenvalue weighted by atomic mass is 9.82. The molecule has 68 heavy (non-hydrogen) atoms. The largest absolute Gasteiger partial charge is 0.365 e. The molecule has 0 amide bonds. The van der Waals surface area contributed by atoms with Gasteiger partial charge in [-0.25, -0.2) is 56.8 Å². The second-order valence-electron chi connectivity index (χ2n) is 19.5. The van der Waals surface area contributed by atoms with Crippen molar-refractivity contribution in [1.82, 2.24) is 49.5 Å². The molecule has 8 heterocycles. The summed E-state index contributed by atoms with van der Waals surface area (Å²) in [5.74, 6) is 4.45. The fourth-order valence-corrected chi connectivity index (χ4v) is 11.9. The van der Waals surface area contributed by atoms with Crippen LogP contribution in [0.4, 0.5) is 29.2 Å². The van der Waals surface area contributed by atoms with Crippen LogP contribution < -0.4 is 9.80 Å². The number of fused-ring (bicyclic) bond motifs is 6. The van der Waals surface area contributed by atoms with Crippen LogP contribution in [0, 0.1) is 72.6 Å². The van der Waals surface area contributed by atoms with Crippen molar-refractivity contribution in [2.24, 2.45) is 35.5 Å². The van der Waals surface area contributed by atoms with E-state index in [2.05, 4.69) is 41.9 Å². The predicted octanol–water partition coefficient (Wildman–Crippen LogP) is 7.74. The molecule has 4 fully saturated rings. The van der Waals surface area contributed by atoms with Crippen molar-refractivity contribution in [3.05, 3.63) is 130 Å². The fourth-order valence-electron chi connectivity index (χ4n) is 11.9. The van der Waals surface area contributed by atoms with Gasteiger partial charge in [0.2, 0.25) is 0 Å². The summed E-state index contributed by atoms with van der Waals surface area (Å²) < 4.78 is 72.5. The van der Waals surface area contributed by atoms with Gasteiger partial charge in [-0.15, -0.1) is 0 Å². The summed E-state index contributed by atoms with van der Waals surface area (Å²) in [5, 5.41) is 9.59. The first-order chi connectivity index (χ1) is 33.1. The summed E-state index contributed by atoms with van der Waals surface area (Å²) in [5.41, 5.74) is 2.32. The molecule has 2 saturated heterocycles. The lowest BCUT2D eigenvalue weighted by Gasteiger charge is -2.38. The van der Waals surface area contributed by atoms with E-state index in [4.69, 9.17) is 29.6 Å². The van der Waals surface area contributed by atoms with E-state index < -0.39 is 35.5 Å². The van der Waals surface area contributed by atoms with Gasteiger partial charge in [-0.3, -0.25) is 0 Å². The normalized spacial score (nSPS) is 26.4. The number of rotatable bonds is 8. The molecule has 6 aliphatic rings. The van der Waals surface area contributed by atoms with E-state index in [1.165, 1.54) is 37.8 Å². The zero-order valence-corrected chi connectivity index (χ0v) is 38.4. The van der Waals surface area contributed by atoms with Gasteiger partial charge in [-0.05, 0) is 100 Å². The number of aryl methyl sites for hydroxylation is 4. The molecule has 18 heteroatoms. The molecule has 2 saturated carbocycles. The highest BCUT2D eigenvalue weighted by molar-refractivity contribution is 5.41. The van der Waals surface area contributed by atoms with Gasteiger partial charge in [0.1, 0.15) is 36.5 Å². The molecular formula is C50H56F4N12O2. The van der Waals surface area contributed by atoms with E-state index in [1.807, 2.05) is 23.2 Å². The number of anilines is 2. The first-order valence-electron chi connectivity index (χ1n) is 24.2. The van der Waals surface area contributed by atoms with Crippen molar-refractivity contribution in [3.8, 4) is 0 Å². The highest BCUT2D eigenvalue weighted by Crippen LogP contribution is 2.46. The second kappa shape index (κ2) is 18.9. The van der Waals surface area contributed by atoms with Crippen LogP contribution in [0.5, 0.6) is 0 Å². The topological polar surface area (TPSA) is 138 Å². The molecule has 4 bridgehead atoms. The van der Waals surface area contributed by atoms with Crippen molar-refractivity contribution in [1.29, 1.82) is 0 Å². The van der Waals surface area contributed by atoms with Crippen LogP contribution in [-0.2, 0) is 35.4 Å². The Morgan fingerprint density at radius 2 is 0.971 bits per heavy atom. The Bertz CT molecular complexity index is 2560. The van der Waals surface area contributed by atoms with Gasteiger partial charge in [0.05, 0.1) is 0 Å². The standard InChI is InChI=1S/2C25H28F2N6O/c2*1-15-10-22(29-14-28-15)32-12-16-6-7-17(13-32)19(16)11-21-30-25-24(34-9-3-8-33(25)31-21)18-4-2-5-20(26)23(18)27/h2*2,4-5,10,14,16-17,19,24H,3,6-9,11-13H2,1H3/t2*16-,17+,19?,24-/m10/s1. The Balaban J connectivity index is 0.000000149. The Hall–Kier alpha value is -5.88. The Morgan fingerprint density at radius 3 is 1.37 bits per heavy atom. The highest BCUT2D eigenvalue weighted by atomic mass is 19.2. The zero-order chi connectivity index (χ0) is 46.5. The van der Waals surface area contributed by atoms with Crippen molar-refractivity contribution in [2.45, 2.75) is 90.5 Å². The van der Waals surface area contributed by atoms with E-state index in [9.17, 15) is 17.6 Å². The number of ether oxygens (including phenoxy) is 2. The molecule has 8 atom stereocenters. The third-order valence-electron chi connectivity index (χ3n) is 15.2. The van der Waals surface area contributed by atoms with Gasteiger partial charge in [-0.1, -0.05) is 24.3 Å². The number of hydrogen-bond acceptors (Lipinski definition) is 12. The minimum absolute atomic E-state index is 0.177. The van der Waals surface area contributed by atoms with Crippen LogP contribution in [0.25, 0.3) is 0 Å². The smallest absolute Gasteiger partial charge is 0.165 e. The summed E-state index contributed by atoms with van der Waals surface area (Å²) >= 11 is 0. The number of benzene rings is 2. The average molecular weight is 933 g/mol. The maximum atomic E-state index is 14.6. The number of piperidine rings is 2. The molecule has 4 aliphatic heterocycles. The third kappa shape index (κ3) is 8.85. The first-order valence-corrected chi connectivity index (χ1v) is 24.2. The summed E-state index contributed by atoms with van der Waals surface area (Å²) in [4.78, 5) is 31.8. The average Bonchev–Trinajstić information content (AvgIpc) is 3.95. The highest BCUT2D eigenvalue weighted by Gasteiger charge is 2.45. The van der Waals surface area contributed by atoms with Gasteiger partial charge >= 0.3 is 0 Å². The minimum atomic E-state index is -0.879. The molecule has 14 nitrogen and oxygen atoms in total. The molecule has 2 aromatic carbocycles. The van der Waals surface area contributed by atoms with E-state index in [-0.39, 0.29) is 11.1 Å². The van der Waals surface area contributed by atoms with E-state index in [0.29, 0.717) is 73.5 Å². The summed E-state index contributed by atoms with van der Waals surface area (Å²) in [6.07, 6.45) is 9.67. The molecule has 0 N–H and O–H groups in total. The Kier molecular flexibility index (Phi) is 12.4. The van der Waals surface area contributed by atoms with Crippen molar-refractivity contribution in [3.63, 3.8) is 0 Å². The second-order valence-corrected chi connectivity index (χ2v) is 19.5. The molecule has 6 aromatic rings. The van der Waals surface area contributed by atoms with Crippen molar-refractivity contribution >= 4 is 11.6 Å². The zero-order valence-electron chi connectivity index (χ0n) is 38.4. The number of nitrogens with zero attached hydrogens (tertiary/aromatic N) is 12. The van der Waals surface area contributed by atoms with Crippen LogP contribution in [0.15, 0.2) is 61.2 Å². The minimum Gasteiger partial charge on any atom is -0.365 e. The summed E-state index contributed by atoms with van der Waals surface area (Å²) in [6, 6.07) is 12.5. The predicted molar refractivity (Wildman–Crippen MR) is 242 cm³/mol. The van der Waals surface area contributed by atoms with E-state index in [1.54, 1.807) is 24.8 Å². The monoisotopic (exact) mass is 932 g/mol. The SMILES string of the molecule is Cc1cc(N2C[C@H]3CC[C@@H](C2)C3Cc2nc3n(n2)CCCO[C@@H]3c2cccc(F)c2F)ncn1.Cc1cc(N2C[C@H]3CC[C@@H](C2)C3Cc2nc3n(n2)CCCO[C@H]3c2cccc(F)c2F)ncn1. The molecule has 2 aliphatic carbocycles. The lowest BCUT2D eigenvalue weighted by Crippen LogP contribution is -2.43. The summed E-state index contributed by atoms with van der Waals surface area (Å²) in [7, 11) is 0. The number of aromatic nitrogens is 10. The molecular weight excluding hydrogens is 877 g/mol. The molecule has 2 unspecified atom stereocenters. The molecule has 356 valence electrons. The Labute approximate surface area is 392 Å². The number of halogens is 4. The molecule has 4 aromatic heterocycles. The lowest BCUT2D eigenvalue weighted by molar-refractivity contribution is 0.0780. The quantitative estimate of drug-likeness (QED) is 0.138. The van der Waals surface area contributed by atoms with Gasteiger partial charge in [0.15, 0.2) is 46.6 Å². The van der Waals surface area contributed by atoms with Gasteiger partial charge < -0.3 is 19.3 Å². The Morgan fingerprint density at radius 1 is 0.559 bits per heavy atom. The van der Waals surface area contributed by atoms with E-state index in [0.717, 1.165) is 98.7 Å². The third-order valence-corrected chi connectivity index (χ3v) is 15.2. The maximum absolute atomic E-state index is 14.6. The van der Waals surface area contributed by atoms with Gasteiger partial charge in [0, 0.05) is 100.0 Å². The van der Waals surface area contributed by atoms with Crippen LogP contribution >= 0.6 is 0 Å². The maximum Gasteiger partial charge on any atom is 0.165 e. The molecule has 0 spiro atoms. The van der Waals surface area contributed by atoms with Crippen LogP contribution in [0.1, 0.15) is 96.5 Å². The van der Waals surface area contributed by atoms with Crippen molar-refractivity contribution < 1.29 is 27.0 Å². The molecule has 0 radical (unpaired) electrons. The van der Waals surface area contributed by atoms with Crippen LogP contribution in [-0.4, -0.2) is 88.9 Å². The van der Waals surface area contributed by atoms with Gasteiger partial charge in [0.25, 0.3) is 0 Å². The summed E-state index contributed by atoms with van der Waals surface area (Å²) in [6.45, 7) is 10.1. The van der Waals surface area contributed by atoms with Crippen LogP contribution in [0.3, 0.4) is 0 Å². The number of hydrogen-bond donors (Lipinski definition) is 0. The van der Waals surface area contributed by atoms with Crippen LogP contribution in [0.2, 0.25) is 0 Å².